The van der Waals surface area contributed by atoms with E-state index in [1.165, 1.54) is 23.1 Å². The van der Waals surface area contributed by atoms with Crippen LogP contribution in [0.15, 0.2) is 72.8 Å². The Kier molecular flexibility index (Phi) is 10.1. The van der Waals surface area contributed by atoms with Crippen LogP contribution in [0.25, 0.3) is 0 Å². The Bertz CT molecular complexity index is 1370. The first-order chi connectivity index (χ1) is 18.0. The molecular formula is C27H28Cl2FN3O4S. The summed E-state index contributed by atoms with van der Waals surface area (Å²) >= 11 is 12.5. The van der Waals surface area contributed by atoms with Gasteiger partial charge in [-0.3, -0.25) is 13.9 Å². The van der Waals surface area contributed by atoms with Gasteiger partial charge in [0.1, 0.15) is 18.4 Å². The highest BCUT2D eigenvalue weighted by atomic mass is 35.5. The first-order valence-corrected chi connectivity index (χ1v) is 14.4. The van der Waals surface area contributed by atoms with Gasteiger partial charge in [-0.15, -0.1) is 0 Å². The molecule has 3 rings (SSSR count). The van der Waals surface area contributed by atoms with Gasteiger partial charge in [-0.05, 0) is 54.4 Å². The van der Waals surface area contributed by atoms with Crippen molar-refractivity contribution in [3.05, 3.63) is 99.8 Å². The molecule has 0 radical (unpaired) electrons. The fourth-order valence-corrected chi connectivity index (χ4v) is 5.22. The maximum absolute atomic E-state index is 13.9. The topological polar surface area (TPSA) is 86.8 Å². The predicted octanol–water partition coefficient (Wildman–Crippen LogP) is 4.67. The van der Waals surface area contributed by atoms with Crippen molar-refractivity contribution in [2.75, 3.05) is 23.7 Å². The quantitative estimate of drug-likeness (QED) is 0.357. The van der Waals surface area contributed by atoms with Gasteiger partial charge in [0.05, 0.1) is 11.9 Å². The van der Waals surface area contributed by atoms with Gasteiger partial charge in [0.15, 0.2) is 0 Å². The number of hydrogen-bond donors (Lipinski definition) is 1. The normalized spacial score (nSPS) is 12.0. The van der Waals surface area contributed by atoms with Crippen molar-refractivity contribution in [1.29, 1.82) is 0 Å². The summed E-state index contributed by atoms with van der Waals surface area (Å²) < 4.78 is 39.7. The average Bonchev–Trinajstić information content (AvgIpc) is 2.86. The molecule has 0 bridgehead atoms. The third kappa shape index (κ3) is 7.93. The molecule has 2 amide bonds. The number of sulfonamides is 1. The van der Waals surface area contributed by atoms with E-state index in [2.05, 4.69) is 5.32 Å². The SMILES string of the molecule is CCNC(=O)C(Cc1ccccc1)N(Cc1ccc(Cl)cc1Cl)C(=O)CN(c1ccc(F)cc1)S(C)(=O)=O. The van der Waals surface area contributed by atoms with Gasteiger partial charge in [-0.1, -0.05) is 59.6 Å². The lowest BCUT2D eigenvalue weighted by Crippen LogP contribution is -2.53. The standard InChI is InChI=1S/C27H28Cl2FN3O4S/c1-3-31-27(35)25(15-19-7-5-4-6-8-19)32(17-20-9-10-21(28)16-24(20)29)26(34)18-33(38(2,36)37)23-13-11-22(30)12-14-23/h4-14,16,25H,3,15,17-18H2,1-2H3,(H,31,35). The smallest absolute Gasteiger partial charge is 0.244 e. The molecule has 1 N–H and O–H groups in total. The Labute approximate surface area is 232 Å². The summed E-state index contributed by atoms with van der Waals surface area (Å²) in [6.45, 7) is 1.41. The summed E-state index contributed by atoms with van der Waals surface area (Å²) in [5.41, 5.74) is 1.45. The maximum atomic E-state index is 13.9. The van der Waals surface area contributed by atoms with Crippen molar-refractivity contribution >= 4 is 50.7 Å². The van der Waals surface area contributed by atoms with Crippen LogP contribution in [0.3, 0.4) is 0 Å². The summed E-state index contributed by atoms with van der Waals surface area (Å²) in [5.74, 6) is -1.59. The fourth-order valence-electron chi connectivity index (χ4n) is 3.90. The molecule has 0 heterocycles. The fraction of sp³-hybridized carbons (Fsp3) is 0.259. The highest BCUT2D eigenvalue weighted by molar-refractivity contribution is 7.92. The highest BCUT2D eigenvalue weighted by Crippen LogP contribution is 2.25. The summed E-state index contributed by atoms with van der Waals surface area (Å²) in [5, 5.41) is 3.47. The van der Waals surface area contributed by atoms with Gasteiger partial charge >= 0.3 is 0 Å². The second-order valence-electron chi connectivity index (χ2n) is 8.60. The molecular weight excluding hydrogens is 552 g/mol. The summed E-state index contributed by atoms with van der Waals surface area (Å²) in [6.07, 6.45) is 1.13. The molecule has 0 aromatic heterocycles. The number of halogens is 3. The lowest BCUT2D eigenvalue weighted by atomic mass is 10.0. The van der Waals surface area contributed by atoms with Crippen LogP contribution in [-0.4, -0.2) is 50.5 Å². The van der Waals surface area contributed by atoms with Crippen molar-refractivity contribution in [3.63, 3.8) is 0 Å². The lowest BCUT2D eigenvalue weighted by molar-refractivity contribution is -0.140. The monoisotopic (exact) mass is 579 g/mol. The van der Waals surface area contributed by atoms with Gasteiger partial charge in [-0.2, -0.15) is 0 Å². The average molecular weight is 581 g/mol. The Morgan fingerprint density at radius 2 is 1.66 bits per heavy atom. The van der Waals surface area contributed by atoms with Crippen LogP contribution in [0, 0.1) is 5.82 Å². The van der Waals surface area contributed by atoms with Gasteiger partial charge in [0.2, 0.25) is 21.8 Å². The van der Waals surface area contributed by atoms with Crippen LogP contribution in [0.4, 0.5) is 10.1 Å². The van der Waals surface area contributed by atoms with Gasteiger partial charge < -0.3 is 10.2 Å². The summed E-state index contributed by atoms with van der Waals surface area (Å²) in [7, 11) is -3.94. The number of likely N-dealkylation sites (N-methyl/N-ethyl adjacent to an activating group) is 1. The van der Waals surface area contributed by atoms with Gasteiger partial charge in [-0.25, -0.2) is 12.8 Å². The van der Waals surface area contributed by atoms with E-state index in [1.807, 2.05) is 30.3 Å². The zero-order valence-electron chi connectivity index (χ0n) is 20.9. The number of nitrogens with one attached hydrogen (secondary N) is 1. The van der Waals surface area contributed by atoms with Gasteiger partial charge in [0.25, 0.3) is 0 Å². The van der Waals surface area contributed by atoms with E-state index in [-0.39, 0.29) is 18.7 Å². The maximum Gasteiger partial charge on any atom is 0.244 e. The number of amides is 2. The number of carbonyl (C=O) groups excluding carboxylic acids is 2. The first kappa shape index (κ1) is 29.4. The van der Waals surface area contributed by atoms with E-state index < -0.39 is 40.2 Å². The zero-order chi connectivity index (χ0) is 27.9. The molecule has 3 aromatic rings. The van der Waals surface area contributed by atoms with Crippen LogP contribution < -0.4 is 9.62 Å². The van der Waals surface area contributed by atoms with Crippen LogP contribution in [0.2, 0.25) is 10.0 Å². The third-order valence-corrected chi connectivity index (χ3v) is 7.50. The molecule has 0 fully saturated rings. The van der Waals surface area contributed by atoms with Crippen LogP contribution in [-0.2, 0) is 32.6 Å². The van der Waals surface area contributed by atoms with Crippen molar-refractivity contribution in [1.82, 2.24) is 10.2 Å². The molecule has 202 valence electrons. The molecule has 38 heavy (non-hydrogen) atoms. The molecule has 7 nitrogen and oxygen atoms in total. The number of rotatable bonds is 11. The van der Waals surface area contributed by atoms with Crippen molar-refractivity contribution < 1.29 is 22.4 Å². The van der Waals surface area contributed by atoms with Crippen LogP contribution >= 0.6 is 23.2 Å². The Hall–Kier alpha value is -3.14. The highest BCUT2D eigenvalue weighted by Gasteiger charge is 2.33. The summed E-state index contributed by atoms with van der Waals surface area (Å²) in [6, 6.07) is 17.7. The molecule has 0 aliphatic carbocycles. The molecule has 0 saturated heterocycles. The number of nitrogens with zero attached hydrogens (tertiary/aromatic N) is 2. The Morgan fingerprint density at radius 1 is 1.00 bits per heavy atom. The molecule has 0 aliphatic heterocycles. The third-order valence-electron chi connectivity index (χ3n) is 5.77. The van der Waals surface area contributed by atoms with Crippen LogP contribution in [0.1, 0.15) is 18.1 Å². The van der Waals surface area contributed by atoms with E-state index in [4.69, 9.17) is 23.2 Å². The van der Waals surface area contributed by atoms with E-state index >= 15 is 0 Å². The minimum Gasteiger partial charge on any atom is -0.355 e. The minimum absolute atomic E-state index is 0.0789. The molecule has 1 unspecified atom stereocenters. The lowest BCUT2D eigenvalue weighted by Gasteiger charge is -2.33. The van der Waals surface area contributed by atoms with E-state index in [0.29, 0.717) is 22.2 Å². The zero-order valence-corrected chi connectivity index (χ0v) is 23.2. The Morgan fingerprint density at radius 3 is 2.24 bits per heavy atom. The number of hydrogen-bond acceptors (Lipinski definition) is 4. The first-order valence-electron chi connectivity index (χ1n) is 11.8. The van der Waals surface area contributed by atoms with Crippen molar-refractivity contribution in [3.8, 4) is 0 Å². The van der Waals surface area contributed by atoms with Gasteiger partial charge in [0, 0.05) is 29.6 Å². The van der Waals surface area contributed by atoms with Crippen molar-refractivity contribution in [2.45, 2.75) is 25.9 Å². The Balaban J connectivity index is 2.06. The van der Waals surface area contributed by atoms with E-state index in [0.717, 1.165) is 28.3 Å². The number of benzene rings is 3. The van der Waals surface area contributed by atoms with E-state index in [9.17, 15) is 22.4 Å². The molecule has 3 aromatic carbocycles. The number of carbonyl (C=O) groups is 2. The van der Waals surface area contributed by atoms with Crippen LogP contribution in [0.5, 0.6) is 0 Å². The molecule has 1 atom stereocenters. The largest absolute Gasteiger partial charge is 0.355 e. The molecule has 0 aliphatic rings. The number of anilines is 1. The second-order valence-corrected chi connectivity index (χ2v) is 11.4. The second kappa shape index (κ2) is 13.1. The van der Waals surface area contributed by atoms with Crippen molar-refractivity contribution in [2.24, 2.45) is 0 Å². The minimum atomic E-state index is -3.94. The molecule has 11 heteroatoms. The summed E-state index contributed by atoms with van der Waals surface area (Å²) in [4.78, 5) is 28.5. The van der Waals surface area contributed by atoms with E-state index in [1.54, 1.807) is 19.1 Å². The predicted molar refractivity (Wildman–Crippen MR) is 148 cm³/mol. The molecule has 0 saturated carbocycles. The molecule has 0 spiro atoms.